The van der Waals surface area contributed by atoms with E-state index in [1.165, 1.54) is 18.2 Å². The number of nitrogens with zero attached hydrogens (tertiary/aromatic N) is 1. The number of hydrogen-bond acceptors (Lipinski definition) is 3. The normalized spacial score (nSPS) is 14.9. The molecule has 0 saturated carbocycles. The van der Waals surface area contributed by atoms with Gasteiger partial charge in [0.05, 0.1) is 0 Å². The average Bonchev–Trinajstić information content (AvgIpc) is 3.04. The Hall–Kier alpha value is -2.89. The van der Waals surface area contributed by atoms with Crippen molar-refractivity contribution in [1.82, 2.24) is 10.2 Å². The lowest BCUT2D eigenvalue weighted by Gasteiger charge is -2.17. The first-order valence-corrected chi connectivity index (χ1v) is 9.07. The summed E-state index contributed by atoms with van der Waals surface area (Å²) in [6, 6.07) is 13.5. The second kappa shape index (κ2) is 8.66. The lowest BCUT2D eigenvalue weighted by molar-refractivity contribution is -0.128. The molecule has 0 aromatic heterocycles. The SMILES string of the molecule is CC(Oc1cccc(F)c1)C(=O)NCc1cccc(CN2CCCC2=O)c1. The highest BCUT2D eigenvalue weighted by Crippen LogP contribution is 2.16. The average molecular weight is 370 g/mol. The summed E-state index contributed by atoms with van der Waals surface area (Å²) in [5.41, 5.74) is 1.99. The van der Waals surface area contributed by atoms with Crippen LogP contribution in [-0.4, -0.2) is 29.4 Å². The van der Waals surface area contributed by atoms with E-state index in [0.717, 1.165) is 24.1 Å². The van der Waals surface area contributed by atoms with E-state index in [0.29, 0.717) is 25.3 Å². The molecule has 2 amide bonds. The van der Waals surface area contributed by atoms with Gasteiger partial charge in [-0.2, -0.15) is 0 Å². The molecule has 0 radical (unpaired) electrons. The fourth-order valence-corrected chi connectivity index (χ4v) is 3.06. The Balaban J connectivity index is 1.52. The van der Waals surface area contributed by atoms with Gasteiger partial charge in [-0.1, -0.05) is 30.3 Å². The first-order valence-electron chi connectivity index (χ1n) is 9.07. The van der Waals surface area contributed by atoms with Crippen molar-refractivity contribution >= 4 is 11.8 Å². The molecule has 0 aliphatic carbocycles. The Bertz CT molecular complexity index is 825. The van der Waals surface area contributed by atoms with E-state index in [2.05, 4.69) is 5.32 Å². The molecule has 3 rings (SSSR count). The maximum Gasteiger partial charge on any atom is 0.261 e. The highest BCUT2D eigenvalue weighted by molar-refractivity contribution is 5.80. The van der Waals surface area contributed by atoms with Gasteiger partial charge in [0.1, 0.15) is 11.6 Å². The van der Waals surface area contributed by atoms with E-state index in [-0.39, 0.29) is 11.8 Å². The summed E-state index contributed by atoms with van der Waals surface area (Å²) in [6.45, 7) is 3.38. The molecular formula is C21H23FN2O3. The predicted octanol–water partition coefficient (Wildman–Crippen LogP) is 3.03. The Morgan fingerprint density at radius 2 is 2.00 bits per heavy atom. The van der Waals surface area contributed by atoms with Crippen molar-refractivity contribution < 1.29 is 18.7 Å². The first-order chi connectivity index (χ1) is 13.0. The molecule has 2 aromatic carbocycles. The molecule has 1 N–H and O–H groups in total. The van der Waals surface area contributed by atoms with Crippen LogP contribution in [0.5, 0.6) is 5.75 Å². The van der Waals surface area contributed by atoms with Crippen LogP contribution < -0.4 is 10.1 Å². The van der Waals surface area contributed by atoms with Crippen LogP contribution in [0.15, 0.2) is 48.5 Å². The van der Waals surface area contributed by atoms with Crippen molar-refractivity contribution in [2.45, 2.75) is 39.0 Å². The van der Waals surface area contributed by atoms with Crippen molar-refractivity contribution in [2.75, 3.05) is 6.54 Å². The first kappa shape index (κ1) is 18.9. The zero-order chi connectivity index (χ0) is 19.2. The van der Waals surface area contributed by atoms with Gasteiger partial charge in [-0.25, -0.2) is 4.39 Å². The Kier molecular flexibility index (Phi) is 6.06. The zero-order valence-electron chi connectivity index (χ0n) is 15.3. The quantitative estimate of drug-likeness (QED) is 0.815. The van der Waals surface area contributed by atoms with Crippen LogP contribution in [0.1, 0.15) is 30.9 Å². The monoisotopic (exact) mass is 370 g/mol. The maximum atomic E-state index is 13.2. The number of hydrogen-bond donors (Lipinski definition) is 1. The topological polar surface area (TPSA) is 58.6 Å². The fourth-order valence-electron chi connectivity index (χ4n) is 3.06. The van der Waals surface area contributed by atoms with Crippen molar-refractivity contribution in [3.63, 3.8) is 0 Å². The standard InChI is InChI=1S/C21H23FN2O3/c1-15(27-19-8-3-7-18(22)12-19)21(26)23-13-16-5-2-6-17(11-16)14-24-10-4-9-20(24)25/h2-3,5-8,11-12,15H,4,9-10,13-14H2,1H3,(H,23,26). The van der Waals surface area contributed by atoms with E-state index in [1.54, 1.807) is 13.0 Å². The van der Waals surface area contributed by atoms with E-state index in [4.69, 9.17) is 4.74 Å². The molecule has 6 heteroatoms. The predicted molar refractivity (Wildman–Crippen MR) is 99.4 cm³/mol. The van der Waals surface area contributed by atoms with Gasteiger partial charge in [0.15, 0.2) is 6.10 Å². The number of benzene rings is 2. The molecule has 1 heterocycles. The molecule has 2 aromatic rings. The highest BCUT2D eigenvalue weighted by Gasteiger charge is 2.20. The van der Waals surface area contributed by atoms with Crippen molar-refractivity contribution in [2.24, 2.45) is 0 Å². The zero-order valence-corrected chi connectivity index (χ0v) is 15.3. The van der Waals surface area contributed by atoms with Crippen LogP contribution in [0.2, 0.25) is 0 Å². The second-order valence-corrected chi connectivity index (χ2v) is 6.67. The number of halogens is 1. The lowest BCUT2D eigenvalue weighted by atomic mass is 10.1. The van der Waals surface area contributed by atoms with E-state index < -0.39 is 11.9 Å². The van der Waals surface area contributed by atoms with Crippen molar-refractivity contribution in [1.29, 1.82) is 0 Å². The third-order valence-corrected chi connectivity index (χ3v) is 4.48. The number of carbonyl (C=O) groups is 2. The number of rotatable bonds is 7. The van der Waals surface area contributed by atoms with Gasteiger partial charge in [0, 0.05) is 32.1 Å². The van der Waals surface area contributed by atoms with Crippen LogP contribution >= 0.6 is 0 Å². The second-order valence-electron chi connectivity index (χ2n) is 6.67. The van der Waals surface area contributed by atoms with Crippen LogP contribution in [0.3, 0.4) is 0 Å². The van der Waals surface area contributed by atoms with Crippen molar-refractivity contribution in [3.05, 3.63) is 65.5 Å². The summed E-state index contributed by atoms with van der Waals surface area (Å²) < 4.78 is 18.7. The molecule has 27 heavy (non-hydrogen) atoms. The van der Waals surface area contributed by atoms with Gasteiger partial charge >= 0.3 is 0 Å². The third kappa shape index (κ3) is 5.29. The lowest BCUT2D eigenvalue weighted by Crippen LogP contribution is -2.35. The van der Waals surface area contributed by atoms with Crippen LogP contribution in [0, 0.1) is 5.82 Å². The number of nitrogens with one attached hydrogen (secondary N) is 1. The van der Waals surface area contributed by atoms with Crippen LogP contribution in [0.25, 0.3) is 0 Å². The Morgan fingerprint density at radius 3 is 2.74 bits per heavy atom. The molecule has 1 unspecified atom stereocenters. The molecule has 0 spiro atoms. The number of ether oxygens (including phenoxy) is 1. The largest absolute Gasteiger partial charge is 0.481 e. The number of likely N-dealkylation sites (tertiary alicyclic amines) is 1. The summed E-state index contributed by atoms with van der Waals surface area (Å²) in [5, 5.41) is 2.82. The maximum absolute atomic E-state index is 13.2. The Morgan fingerprint density at radius 1 is 1.22 bits per heavy atom. The van der Waals surface area contributed by atoms with E-state index in [9.17, 15) is 14.0 Å². The van der Waals surface area contributed by atoms with Crippen LogP contribution in [0.4, 0.5) is 4.39 Å². The minimum atomic E-state index is -0.739. The number of carbonyl (C=O) groups excluding carboxylic acids is 2. The highest BCUT2D eigenvalue weighted by atomic mass is 19.1. The molecule has 1 fully saturated rings. The van der Waals surface area contributed by atoms with Crippen molar-refractivity contribution in [3.8, 4) is 5.75 Å². The fraction of sp³-hybridized carbons (Fsp3) is 0.333. The van der Waals surface area contributed by atoms with Gasteiger partial charge in [-0.05, 0) is 36.6 Å². The minimum absolute atomic E-state index is 0.192. The summed E-state index contributed by atoms with van der Waals surface area (Å²) >= 11 is 0. The number of amides is 2. The molecule has 5 nitrogen and oxygen atoms in total. The van der Waals surface area contributed by atoms with Gasteiger partial charge in [0.25, 0.3) is 5.91 Å². The van der Waals surface area contributed by atoms with Crippen LogP contribution in [-0.2, 0) is 22.7 Å². The van der Waals surface area contributed by atoms with E-state index in [1.807, 2.05) is 29.2 Å². The molecular weight excluding hydrogens is 347 g/mol. The molecule has 142 valence electrons. The summed E-state index contributed by atoms with van der Waals surface area (Å²) in [5.74, 6) is -0.181. The molecule has 1 saturated heterocycles. The molecule has 1 aliphatic heterocycles. The van der Waals surface area contributed by atoms with Gasteiger partial charge < -0.3 is 15.0 Å². The third-order valence-electron chi connectivity index (χ3n) is 4.48. The van der Waals surface area contributed by atoms with Gasteiger partial charge in [0.2, 0.25) is 5.91 Å². The summed E-state index contributed by atoms with van der Waals surface area (Å²) in [7, 11) is 0. The minimum Gasteiger partial charge on any atom is -0.481 e. The van der Waals surface area contributed by atoms with Gasteiger partial charge in [-0.15, -0.1) is 0 Å². The Labute approximate surface area is 158 Å². The summed E-state index contributed by atoms with van der Waals surface area (Å²) in [4.78, 5) is 25.8. The van der Waals surface area contributed by atoms with E-state index >= 15 is 0 Å². The molecule has 1 atom stereocenters. The van der Waals surface area contributed by atoms with Gasteiger partial charge in [-0.3, -0.25) is 9.59 Å². The smallest absolute Gasteiger partial charge is 0.261 e. The summed E-state index contributed by atoms with van der Waals surface area (Å²) in [6.07, 6.45) is 0.800. The molecule has 0 bridgehead atoms. The molecule has 1 aliphatic rings.